The van der Waals surface area contributed by atoms with Gasteiger partial charge in [0.15, 0.2) is 0 Å². The first kappa shape index (κ1) is 16.2. The number of hydrogen-bond donors (Lipinski definition) is 2. The van der Waals surface area contributed by atoms with Crippen molar-refractivity contribution in [3.63, 3.8) is 0 Å². The number of nitrogens with one attached hydrogen (secondary N) is 2. The number of halogens is 1. The highest BCUT2D eigenvalue weighted by molar-refractivity contribution is 9.10. The molecule has 0 aliphatic heterocycles. The van der Waals surface area contributed by atoms with Gasteiger partial charge in [-0.25, -0.2) is 0 Å². The van der Waals surface area contributed by atoms with Gasteiger partial charge >= 0.3 is 0 Å². The molecule has 0 bridgehead atoms. The van der Waals surface area contributed by atoms with E-state index in [0.717, 1.165) is 4.47 Å². The molecule has 8 nitrogen and oxygen atoms in total. The highest BCUT2D eigenvalue weighted by Crippen LogP contribution is 2.08. The third-order valence-electron chi connectivity index (χ3n) is 3.03. The van der Waals surface area contributed by atoms with Gasteiger partial charge in [0.2, 0.25) is 5.91 Å². The molecule has 0 fully saturated rings. The Hall–Kier alpha value is -2.16. The Morgan fingerprint density at radius 3 is 2.55 bits per heavy atom. The molecule has 0 spiro atoms. The van der Waals surface area contributed by atoms with E-state index in [1.165, 1.54) is 6.20 Å². The van der Waals surface area contributed by atoms with Crippen molar-refractivity contribution in [2.24, 2.45) is 5.92 Å². The van der Waals surface area contributed by atoms with Gasteiger partial charge in [0, 0.05) is 18.9 Å². The number of hydrogen-bond acceptors (Lipinski definition) is 4. The first-order valence-corrected chi connectivity index (χ1v) is 7.59. The van der Waals surface area contributed by atoms with Gasteiger partial charge in [-0.2, -0.15) is 10.2 Å². The smallest absolute Gasteiger partial charge is 0.272 e. The van der Waals surface area contributed by atoms with Gasteiger partial charge in [-0.3, -0.25) is 29.8 Å². The predicted octanol–water partition coefficient (Wildman–Crippen LogP) is 0.959. The van der Waals surface area contributed by atoms with Gasteiger partial charge in [-0.1, -0.05) is 6.92 Å². The summed E-state index contributed by atoms with van der Waals surface area (Å²) >= 11 is 3.29. The molecule has 1 atom stereocenters. The van der Waals surface area contributed by atoms with Crippen molar-refractivity contribution in [3.05, 3.63) is 34.8 Å². The molecule has 0 aliphatic rings. The van der Waals surface area contributed by atoms with E-state index in [1.54, 1.807) is 34.9 Å². The number of aromatic nitrogens is 4. The summed E-state index contributed by atoms with van der Waals surface area (Å²) in [6.07, 6.45) is 6.50. The Morgan fingerprint density at radius 1 is 1.23 bits per heavy atom. The SMILES string of the molecule is CCn1cc(C(=O)NNC(=O)C(C)Cn2cc(Br)cn2)cn1. The molecule has 0 saturated heterocycles. The zero-order valence-corrected chi connectivity index (χ0v) is 13.9. The highest BCUT2D eigenvalue weighted by Gasteiger charge is 2.16. The van der Waals surface area contributed by atoms with Crippen LogP contribution < -0.4 is 10.9 Å². The van der Waals surface area contributed by atoms with Crippen LogP contribution in [0.5, 0.6) is 0 Å². The Morgan fingerprint density at radius 2 is 1.95 bits per heavy atom. The molecule has 2 aromatic rings. The van der Waals surface area contributed by atoms with E-state index in [1.807, 2.05) is 6.92 Å². The molecule has 9 heteroatoms. The third kappa shape index (κ3) is 4.17. The minimum atomic E-state index is -0.401. The quantitative estimate of drug-likeness (QED) is 0.768. The molecule has 118 valence electrons. The van der Waals surface area contributed by atoms with Gasteiger partial charge in [0.05, 0.1) is 34.9 Å². The second-order valence-corrected chi connectivity index (χ2v) is 5.73. The number of nitrogens with zero attached hydrogens (tertiary/aromatic N) is 4. The minimum Gasteiger partial charge on any atom is -0.273 e. The summed E-state index contributed by atoms with van der Waals surface area (Å²) in [6.45, 7) is 4.77. The topological polar surface area (TPSA) is 93.8 Å². The molecular formula is C13H17BrN6O2. The van der Waals surface area contributed by atoms with Crippen LogP contribution in [0.2, 0.25) is 0 Å². The van der Waals surface area contributed by atoms with Crippen LogP contribution in [0.1, 0.15) is 24.2 Å². The second kappa shape index (κ2) is 7.21. The number of rotatable bonds is 5. The summed E-state index contributed by atoms with van der Waals surface area (Å²) in [4.78, 5) is 23.8. The average molecular weight is 369 g/mol. The van der Waals surface area contributed by atoms with E-state index in [9.17, 15) is 9.59 Å². The molecule has 2 aromatic heterocycles. The van der Waals surface area contributed by atoms with Crippen LogP contribution in [-0.2, 0) is 17.9 Å². The zero-order chi connectivity index (χ0) is 16.1. The van der Waals surface area contributed by atoms with E-state index in [4.69, 9.17) is 0 Å². The van der Waals surface area contributed by atoms with Gasteiger partial charge in [-0.15, -0.1) is 0 Å². The summed E-state index contributed by atoms with van der Waals surface area (Å²) in [5, 5.41) is 8.09. The number of hydrazine groups is 1. The van der Waals surface area contributed by atoms with Crippen LogP contribution in [0.4, 0.5) is 0 Å². The number of amides is 2. The van der Waals surface area contributed by atoms with E-state index in [0.29, 0.717) is 18.7 Å². The number of carbonyl (C=O) groups is 2. The fraction of sp³-hybridized carbons (Fsp3) is 0.385. The molecule has 0 saturated carbocycles. The zero-order valence-electron chi connectivity index (χ0n) is 12.3. The summed E-state index contributed by atoms with van der Waals surface area (Å²) in [5.41, 5.74) is 5.18. The molecule has 2 heterocycles. The Labute approximate surface area is 136 Å². The fourth-order valence-electron chi connectivity index (χ4n) is 1.77. The van der Waals surface area contributed by atoms with E-state index >= 15 is 0 Å². The van der Waals surface area contributed by atoms with Crippen molar-refractivity contribution in [1.82, 2.24) is 30.4 Å². The van der Waals surface area contributed by atoms with Crippen molar-refractivity contribution in [1.29, 1.82) is 0 Å². The van der Waals surface area contributed by atoms with Gasteiger partial charge < -0.3 is 0 Å². The summed E-state index contributed by atoms with van der Waals surface area (Å²) in [6, 6.07) is 0. The van der Waals surface area contributed by atoms with Crippen molar-refractivity contribution in [2.75, 3.05) is 0 Å². The molecule has 2 N–H and O–H groups in total. The number of carbonyl (C=O) groups excluding carboxylic acids is 2. The van der Waals surface area contributed by atoms with E-state index in [2.05, 4.69) is 37.0 Å². The van der Waals surface area contributed by atoms with Crippen molar-refractivity contribution in [2.45, 2.75) is 26.9 Å². The molecule has 0 radical (unpaired) electrons. The van der Waals surface area contributed by atoms with Crippen LogP contribution in [0.25, 0.3) is 0 Å². The molecular weight excluding hydrogens is 352 g/mol. The molecule has 2 amide bonds. The first-order chi connectivity index (χ1) is 10.5. The predicted molar refractivity (Wildman–Crippen MR) is 82.6 cm³/mol. The molecule has 1 unspecified atom stereocenters. The Balaban J connectivity index is 1.82. The lowest BCUT2D eigenvalue weighted by Crippen LogP contribution is -2.44. The van der Waals surface area contributed by atoms with E-state index < -0.39 is 5.91 Å². The maximum atomic E-state index is 12.0. The lowest BCUT2D eigenvalue weighted by Gasteiger charge is -2.12. The Bertz CT molecular complexity index is 665. The maximum absolute atomic E-state index is 12.0. The summed E-state index contributed by atoms with van der Waals surface area (Å²) in [7, 11) is 0. The van der Waals surface area contributed by atoms with Crippen LogP contribution >= 0.6 is 15.9 Å². The standard InChI is InChI=1S/C13H17BrN6O2/c1-3-19-7-10(4-15-19)13(22)18-17-12(21)9(2)6-20-8-11(14)5-16-20/h4-5,7-9H,3,6H2,1-2H3,(H,17,21)(H,18,22). The molecule has 0 aromatic carbocycles. The van der Waals surface area contributed by atoms with Crippen molar-refractivity contribution >= 4 is 27.7 Å². The van der Waals surface area contributed by atoms with Crippen molar-refractivity contribution in [3.8, 4) is 0 Å². The molecule has 0 aliphatic carbocycles. The average Bonchev–Trinajstić information content (AvgIpc) is 3.13. The first-order valence-electron chi connectivity index (χ1n) is 6.80. The monoisotopic (exact) mass is 368 g/mol. The lowest BCUT2D eigenvalue weighted by atomic mass is 10.2. The van der Waals surface area contributed by atoms with Gasteiger partial charge in [-0.05, 0) is 22.9 Å². The highest BCUT2D eigenvalue weighted by atomic mass is 79.9. The third-order valence-corrected chi connectivity index (χ3v) is 3.44. The normalized spacial score (nSPS) is 12.0. The molecule has 2 rings (SSSR count). The second-order valence-electron chi connectivity index (χ2n) is 4.81. The van der Waals surface area contributed by atoms with E-state index in [-0.39, 0.29) is 11.8 Å². The van der Waals surface area contributed by atoms with Gasteiger partial charge in [0.25, 0.3) is 5.91 Å². The van der Waals surface area contributed by atoms with Crippen LogP contribution in [0, 0.1) is 5.92 Å². The van der Waals surface area contributed by atoms with Crippen LogP contribution in [0.15, 0.2) is 29.3 Å². The maximum Gasteiger partial charge on any atom is 0.272 e. The van der Waals surface area contributed by atoms with Crippen molar-refractivity contribution < 1.29 is 9.59 Å². The largest absolute Gasteiger partial charge is 0.273 e. The van der Waals surface area contributed by atoms with Gasteiger partial charge in [0.1, 0.15) is 0 Å². The summed E-state index contributed by atoms with van der Waals surface area (Å²) in [5.74, 6) is -1.03. The number of aryl methyl sites for hydroxylation is 1. The molecule has 22 heavy (non-hydrogen) atoms. The fourth-order valence-corrected chi connectivity index (χ4v) is 2.10. The lowest BCUT2D eigenvalue weighted by molar-refractivity contribution is -0.125. The van der Waals surface area contributed by atoms with Crippen LogP contribution in [0.3, 0.4) is 0 Å². The minimum absolute atomic E-state index is 0.289. The Kier molecular flexibility index (Phi) is 5.31. The van der Waals surface area contributed by atoms with Crippen LogP contribution in [-0.4, -0.2) is 31.4 Å². The summed E-state index contributed by atoms with van der Waals surface area (Å²) < 4.78 is 4.14.